The van der Waals surface area contributed by atoms with Crippen LogP contribution < -0.4 is 0 Å². The summed E-state index contributed by atoms with van der Waals surface area (Å²) in [6, 6.07) is 0. The molecule has 3 nitrogen and oxygen atoms in total. The molecule has 88 valence electrons. The smallest absolute Gasteiger partial charge is 0.129 e. The molecule has 3 heteroatoms. The van der Waals surface area contributed by atoms with Gasteiger partial charge in [0.1, 0.15) is 5.78 Å². The molecule has 0 saturated carbocycles. The molecule has 0 aromatic carbocycles. The zero-order valence-corrected chi connectivity index (χ0v) is 9.83. The van der Waals surface area contributed by atoms with E-state index in [0.717, 1.165) is 19.4 Å². The van der Waals surface area contributed by atoms with Crippen molar-refractivity contribution >= 4 is 5.78 Å². The lowest BCUT2D eigenvalue weighted by atomic mass is 10.2. The standard InChI is InChI=1S/C12H22O3/c1-3-14-10-11-15-9-7-5-4-6-8-12(2)13/h5,7H,3-4,6,8-11H2,1-2H3/b7-5+. The number of carbonyl (C=O) groups excluding carboxylic acids is 1. The van der Waals surface area contributed by atoms with Gasteiger partial charge < -0.3 is 14.3 Å². The number of hydrogen-bond acceptors (Lipinski definition) is 3. The van der Waals surface area contributed by atoms with Crippen molar-refractivity contribution in [2.75, 3.05) is 26.4 Å². The van der Waals surface area contributed by atoms with Gasteiger partial charge in [0.05, 0.1) is 19.8 Å². The van der Waals surface area contributed by atoms with E-state index in [4.69, 9.17) is 9.47 Å². The highest BCUT2D eigenvalue weighted by molar-refractivity contribution is 5.75. The summed E-state index contributed by atoms with van der Waals surface area (Å²) in [5.74, 6) is 0.261. The Morgan fingerprint density at radius 3 is 2.60 bits per heavy atom. The second kappa shape index (κ2) is 11.4. The summed E-state index contributed by atoms with van der Waals surface area (Å²) >= 11 is 0. The van der Waals surface area contributed by atoms with Gasteiger partial charge in [-0.1, -0.05) is 12.2 Å². The highest BCUT2D eigenvalue weighted by Crippen LogP contribution is 1.97. The maximum Gasteiger partial charge on any atom is 0.129 e. The Kier molecular flexibility index (Phi) is 10.9. The fourth-order valence-electron chi connectivity index (χ4n) is 1.07. The first-order valence-corrected chi connectivity index (χ1v) is 5.57. The number of allylic oxidation sites excluding steroid dienone is 1. The first-order chi connectivity index (χ1) is 7.27. The summed E-state index contributed by atoms with van der Waals surface area (Å²) in [5, 5.41) is 0. The molecule has 0 aromatic heterocycles. The highest BCUT2D eigenvalue weighted by Gasteiger charge is 1.90. The third-order valence-electron chi connectivity index (χ3n) is 1.86. The first kappa shape index (κ1) is 14.3. The van der Waals surface area contributed by atoms with Crippen molar-refractivity contribution in [3.8, 4) is 0 Å². The maximum atomic E-state index is 10.6. The zero-order chi connectivity index (χ0) is 11.4. The average molecular weight is 214 g/mol. The van der Waals surface area contributed by atoms with Crippen LogP contribution in [0.1, 0.15) is 33.1 Å². The van der Waals surface area contributed by atoms with Crippen molar-refractivity contribution in [2.45, 2.75) is 33.1 Å². The minimum atomic E-state index is 0.261. The molecular weight excluding hydrogens is 192 g/mol. The molecule has 0 rings (SSSR count). The lowest BCUT2D eigenvalue weighted by Crippen LogP contribution is -2.03. The fraction of sp³-hybridized carbons (Fsp3) is 0.750. The van der Waals surface area contributed by atoms with Gasteiger partial charge in [-0.3, -0.25) is 0 Å². The molecular formula is C12H22O3. The Morgan fingerprint density at radius 1 is 1.20 bits per heavy atom. The van der Waals surface area contributed by atoms with E-state index < -0.39 is 0 Å². The van der Waals surface area contributed by atoms with E-state index in [2.05, 4.69) is 6.08 Å². The summed E-state index contributed by atoms with van der Waals surface area (Å²) in [7, 11) is 0. The van der Waals surface area contributed by atoms with Gasteiger partial charge in [-0.15, -0.1) is 0 Å². The van der Waals surface area contributed by atoms with Gasteiger partial charge >= 0.3 is 0 Å². The lowest BCUT2D eigenvalue weighted by Gasteiger charge is -2.00. The topological polar surface area (TPSA) is 35.5 Å². The third-order valence-corrected chi connectivity index (χ3v) is 1.86. The summed E-state index contributed by atoms with van der Waals surface area (Å²) in [6.45, 7) is 6.27. The first-order valence-electron chi connectivity index (χ1n) is 5.57. The van der Waals surface area contributed by atoms with Crippen LogP contribution in [-0.2, 0) is 14.3 Å². The number of Topliss-reactive ketones (excluding diaryl/α,β-unsaturated/α-hetero) is 1. The van der Waals surface area contributed by atoms with Crippen molar-refractivity contribution in [1.82, 2.24) is 0 Å². The van der Waals surface area contributed by atoms with E-state index in [1.165, 1.54) is 0 Å². The van der Waals surface area contributed by atoms with Crippen LogP contribution in [0.15, 0.2) is 12.2 Å². The molecule has 15 heavy (non-hydrogen) atoms. The van der Waals surface area contributed by atoms with E-state index >= 15 is 0 Å². The maximum absolute atomic E-state index is 10.6. The van der Waals surface area contributed by atoms with Crippen molar-refractivity contribution in [2.24, 2.45) is 0 Å². The Bertz CT molecular complexity index is 176. The number of ketones is 1. The summed E-state index contributed by atoms with van der Waals surface area (Å²) in [5.41, 5.74) is 0. The predicted octanol–water partition coefficient (Wildman–Crippen LogP) is 2.36. The van der Waals surface area contributed by atoms with Crippen molar-refractivity contribution in [3.05, 3.63) is 12.2 Å². The van der Waals surface area contributed by atoms with Crippen molar-refractivity contribution in [1.29, 1.82) is 0 Å². The van der Waals surface area contributed by atoms with Crippen molar-refractivity contribution < 1.29 is 14.3 Å². The van der Waals surface area contributed by atoms with E-state index in [9.17, 15) is 4.79 Å². The summed E-state index contributed by atoms with van der Waals surface area (Å²) in [6.07, 6.45) is 6.62. The third kappa shape index (κ3) is 13.3. The molecule has 0 aliphatic carbocycles. The van der Waals surface area contributed by atoms with Gasteiger partial charge in [0.25, 0.3) is 0 Å². The van der Waals surface area contributed by atoms with Crippen LogP contribution in [0.5, 0.6) is 0 Å². The van der Waals surface area contributed by atoms with Gasteiger partial charge in [0.2, 0.25) is 0 Å². The van der Waals surface area contributed by atoms with Gasteiger partial charge in [-0.25, -0.2) is 0 Å². The lowest BCUT2D eigenvalue weighted by molar-refractivity contribution is -0.117. The monoisotopic (exact) mass is 214 g/mol. The summed E-state index contributed by atoms with van der Waals surface area (Å²) in [4.78, 5) is 10.6. The molecule has 0 aliphatic heterocycles. The van der Waals surface area contributed by atoms with Crippen LogP contribution in [0.2, 0.25) is 0 Å². The van der Waals surface area contributed by atoms with E-state index in [1.54, 1.807) is 6.92 Å². The molecule has 0 bridgehead atoms. The molecule has 0 saturated heterocycles. The van der Waals surface area contributed by atoms with E-state index in [-0.39, 0.29) is 5.78 Å². The number of ether oxygens (including phenoxy) is 2. The number of carbonyl (C=O) groups is 1. The second-order valence-electron chi connectivity index (χ2n) is 3.34. The fourth-order valence-corrected chi connectivity index (χ4v) is 1.07. The molecule has 0 aromatic rings. The van der Waals surface area contributed by atoms with Gasteiger partial charge in [-0.2, -0.15) is 0 Å². The van der Waals surface area contributed by atoms with Crippen LogP contribution in [0, 0.1) is 0 Å². The minimum absolute atomic E-state index is 0.261. The Morgan fingerprint density at radius 2 is 1.93 bits per heavy atom. The molecule has 0 N–H and O–H groups in total. The quantitative estimate of drug-likeness (QED) is 0.413. The average Bonchev–Trinajstić information content (AvgIpc) is 2.20. The Balaban J connectivity index is 3.07. The zero-order valence-electron chi connectivity index (χ0n) is 9.83. The van der Waals surface area contributed by atoms with Gasteiger partial charge in [0, 0.05) is 13.0 Å². The normalized spacial score (nSPS) is 11.1. The van der Waals surface area contributed by atoms with Gasteiger partial charge in [0.15, 0.2) is 0 Å². The number of hydrogen-bond donors (Lipinski definition) is 0. The van der Waals surface area contributed by atoms with Crippen LogP contribution in [-0.4, -0.2) is 32.2 Å². The van der Waals surface area contributed by atoms with Crippen molar-refractivity contribution in [3.63, 3.8) is 0 Å². The molecule has 0 spiro atoms. The SMILES string of the molecule is CCOCCOC/C=C/CCCC(C)=O. The predicted molar refractivity (Wildman–Crippen MR) is 61.0 cm³/mol. The van der Waals surface area contributed by atoms with Crippen LogP contribution in [0.3, 0.4) is 0 Å². The minimum Gasteiger partial charge on any atom is -0.379 e. The Labute approximate surface area is 92.5 Å². The molecule has 0 unspecified atom stereocenters. The number of unbranched alkanes of at least 4 members (excludes halogenated alkanes) is 1. The Hall–Kier alpha value is -0.670. The van der Waals surface area contributed by atoms with Crippen LogP contribution >= 0.6 is 0 Å². The largest absolute Gasteiger partial charge is 0.379 e. The molecule has 0 radical (unpaired) electrons. The molecule has 0 aliphatic rings. The van der Waals surface area contributed by atoms with Crippen LogP contribution in [0.4, 0.5) is 0 Å². The van der Waals surface area contributed by atoms with Crippen LogP contribution in [0.25, 0.3) is 0 Å². The van der Waals surface area contributed by atoms with Gasteiger partial charge in [-0.05, 0) is 26.7 Å². The molecule has 0 heterocycles. The van der Waals surface area contributed by atoms with E-state index in [1.807, 2.05) is 13.0 Å². The molecule has 0 amide bonds. The summed E-state index contributed by atoms with van der Waals surface area (Å²) < 4.78 is 10.4. The molecule has 0 atom stereocenters. The highest BCUT2D eigenvalue weighted by atomic mass is 16.5. The second-order valence-corrected chi connectivity index (χ2v) is 3.34. The van der Waals surface area contributed by atoms with E-state index in [0.29, 0.717) is 26.2 Å². The molecule has 0 fully saturated rings. The number of rotatable bonds is 10.